The Balaban J connectivity index is 1.63. The summed E-state index contributed by atoms with van der Waals surface area (Å²) in [5, 5.41) is 8.68. The lowest BCUT2D eigenvalue weighted by molar-refractivity contribution is 0.356. The van der Waals surface area contributed by atoms with Gasteiger partial charge in [-0.05, 0) is 50.5 Å². The van der Waals surface area contributed by atoms with Gasteiger partial charge in [0.05, 0.1) is 5.52 Å². The van der Waals surface area contributed by atoms with Crippen LogP contribution in [0.5, 0.6) is 0 Å². The average molecular weight is 290 g/mol. The van der Waals surface area contributed by atoms with Gasteiger partial charge in [0.15, 0.2) is 0 Å². The molecule has 1 aliphatic heterocycles. The van der Waals surface area contributed by atoms with E-state index in [1.165, 1.54) is 12.8 Å². The van der Waals surface area contributed by atoms with Crippen molar-refractivity contribution in [2.24, 2.45) is 5.92 Å². The highest BCUT2D eigenvalue weighted by Crippen LogP contribution is 2.20. The van der Waals surface area contributed by atoms with E-state index in [2.05, 4.69) is 27.8 Å². The predicted molar refractivity (Wildman–Crippen MR) is 84.1 cm³/mol. The molecule has 1 aliphatic rings. The van der Waals surface area contributed by atoms with Crippen LogP contribution < -0.4 is 10.6 Å². The topological polar surface area (TPSA) is 37.0 Å². The summed E-state index contributed by atoms with van der Waals surface area (Å²) in [6.07, 6.45) is 2.52. The number of fused-ring (bicyclic) bond motifs is 1. The Morgan fingerprint density at radius 3 is 2.90 bits per heavy atom. The van der Waals surface area contributed by atoms with Crippen LogP contribution in [-0.4, -0.2) is 24.6 Å². The van der Waals surface area contributed by atoms with Crippen molar-refractivity contribution in [3.05, 3.63) is 41.0 Å². The molecule has 2 aromatic rings. The molecule has 1 saturated heterocycles. The van der Waals surface area contributed by atoms with Gasteiger partial charge in [-0.25, -0.2) is 4.98 Å². The molecule has 4 heteroatoms. The van der Waals surface area contributed by atoms with Crippen LogP contribution in [0.15, 0.2) is 30.3 Å². The number of benzene rings is 1. The molecule has 3 nitrogen and oxygen atoms in total. The Labute approximate surface area is 124 Å². The largest absolute Gasteiger partial charge is 0.317 e. The molecule has 3 rings (SSSR count). The van der Waals surface area contributed by atoms with Gasteiger partial charge in [0.1, 0.15) is 5.15 Å². The number of hydrogen-bond donors (Lipinski definition) is 2. The van der Waals surface area contributed by atoms with E-state index in [4.69, 9.17) is 11.6 Å². The second kappa shape index (κ2) is 6.53. The zero-order valence-electron chi connectivity index (χ0n) is 11.5. The highest BCUT2D eigenvalue weighted by atomic mass is 35.5. The standard InChI is InChI=1S/C16H20ClN3/c17-16-14(9-13-3-1-2-4-15(13)20-16)11-19-10-12-5-7-18-8-6-12/h1-4,9,12,18-19H,5-8,10-11H2. The molecule has 1 aromatic carbocycles. The lowest BCUT2D eigenvalue weighted by Gasteiger charge is -2.22. The first-order valence-electron chi connectivity index (χ1n) is 7.28. The summed E-state index contributed by atoms with van der Waals surface area (Å²) in [5.41, 5.74) is 2.04. The summed E-state index contributed by atoms with van der Waals surface area (Å²) in [7, 11) is 0. The van der Waals surface area contributed by atoms with Crippen molar-refractivity contribution < 1.29 is 0 Å². The Morgan fingerprint density at radius 2 is 2.05 bits per heavy atom. The molecule has 0 saturated carbocycles. The van der Waals surface area contributed by atoms with Crippen LogP contribution in [0.4, 0.5) is 0 Å². The molecule has 0 spiro atoms. The molecule has 1 fully saturated rings. The van der Waals surface area contributed by atoms with Crippen LogP contribution in [0.3, 0.4) is 0 Å². The summed E-state index contributed by atoms with van der Waals surface area (Å²) in [6.45, 7) is 4.14. The second-order valence-corrected chi connectivity index (χ2v) is 5.81. The van der Waals surface area contributed by atoms with E-state index >= 15 is 0 Å². The average Bonchev–Trinajstić information content (AvgIpc) is 2.49. The highest BCUT2D eigenvalue weighted by Gasteiger charge is 2.12. The maximum atomic E-state index is 6.26. The van der Waals surface area contributed by atoms with Gasteiger partial charge >= 0.3 is 0 Å². The Hall–Kier alpha value is -1.16. The molecule has 0 bridgehead atoms. The summed E-state index contributed by atoms with van der Waals surface area (Å²) in [5.74, 6) is 0.781. The van der Waals surface area contributed by atoms with Crippen LogP contribution in [0.2, 0.25) is 5.15 Å². The van der Waals surface area contributed by atoms with Crippen LogP contribution in [-0.2, 0) is 6.54 Å². The number of pyridine rings is 1. The molecule has 0 unspecified atom stereocenters. The van der Waals surface area contributed by atoms with Crippen molar-refractivity contribution in [1.29, 1.82) is 0 Å². The Morgan fingerprint density at radius 1 is 1.25 bits per heavy atom. The summed E-state index contributed by atoms with van der Waals surface area (Å²) in [4.78, 5) is 4.46. The van der Waals surface area contributed by atoms with Crippen molar-refractivity contribution in [3.63, 3.8) is 0 Å². The summed E-state index contributed by atoms with van der Waals surface area (Å²) < 4.78 is 0. The SMILES string of the molecule is Clc1nc2ccccc2cc1CNCC1CCNCC1. The third-order valence-electron chi connectivity index (χ3n) is 3.96. The maximum absolute atomic E-state index is 6.26. The van der Waals surface area contributed by atoms with Crippen LogP contribution >= 0.6 is 11.6 Å². The molecule has 2 heterocycles. The molecule has 0 radical (unpaired) electrons. The molecule has 2 N–H and O–H groups in total. The van der Waals surface area contributed by atoms with E-state index in [1.807, 2.05) is 18.2 Å². The number of para-hydroxylation sites is 1. The van der Waals surface area contributed by atoms with Crippen LogP contribution in [0, 0.1) is 5.92 Å². The van der Waals surface area contributed by atoms with E-state index in [0.29, 0.717) is 5.15 Å². The molecular formula is C16H20ClN3. The first kappa shape index (κ1) is 13.8. The number of nitrogens with zero attached hydrogens (tertiary/aromatic N) is 1. The number of hydrogen-bond acceptors (Lipinski definition) is 3. The predicted octanol–water partition coefficient (Wildman–Crippen LogP) is 2.98. The number of halogens is 1. The zero-order chi connectivity index (χ0) is 13.8. The van der Waals surface area contributed by atoms with Gasteiger partial charge in [0.25, 0.3) is 0 Å². The van der Waals surface area contributed by atoms with Gasteiger partial charge in [0.2, 0.25) is 0 Å². The molecule has 20 heavy (non-hydrogen) atoms. The Kier molecular flexibility index (Phi) is 4.51. The zero-order valence-corrected chi connectivity index (χ0v) is 12.3. The fourth-order valence-corrected chi connectivity index (χ4v) is 2.97. The van der Waals surface area contributed by atoms with Crippen LogP contribution in [0.25, 0.3) is 10.9 Å². The second-order valence-electron chi connectivity index (χ2n) is 5.46. The van der Waals surface area contributed by atoms with Gasteiger partial charge in [-0.3, -0.25) is 0 Å². The number of piperidine rings is 1. The van der Waals surface area contributed by atoms with Crippen LogP contribution in [0.1, 0.15) is 18.4 Å². The fourth-order valence-electron chi connectivity index (χ4n) is 2.76. The molecule has 0 aliphatic carbocycles. The van der Waals surface area contributed by atoms with Gasteiger partial charge in [-0.2, -0.15) is 0 Å². The fraction of sp³-hybridized carbons (Fsp3) is 0.438. The van der Waals surface area contributed by atoms with Gasteiger partial charge in [0, 0.05) is 17.5 Å². The monoisotopic (exact) mass is 289 g/mol. The lowest BCUT2D eigenvalue weighted by Crippen LogP contribution is -2.33. The van der Waals surface area contributed by atoms with Gasteiger partial charge in [-0.15, -0.1) is 0 Å². The maximum Gasteiger partial charge on any atom is 0.134 e. The van der Waals surface area contributed by atoms with Crippen molar-refractivity contribution in [1.82, 2.24) is 15.6 Å². The molecular weight excluding hydrogens is 270 g/mol. The van der Waals surface area contributed by atoms with E-state index in [9.17, 15) is 0 Å². The first-order valence-corrected chi connectivity index (χ1v) is 7.66. The van der Waals surface area contributed by atoms with Crippen molar-refractivity contribution in [2.75, 3.05) is 19.6 Å². The third-order valence-corrected chi connectivity index (χ3v) is 4.28. The number of nitrogens with one attached hydrogen (secondary N) is 2. The highest BCUT2D eigenvalue weighted by molar-refractivity contribution is 6.30. The summed E-state index contributed by atoms with van der Waals surface area (Å²) in [6, 6.07) is 10.2. The molecule has 1 aromatic heterocycles. The van der Waals surface area contributed by atoms with E-state index in [0.717, 1.165) is 48.6 Å². The van der Waals surface area contributed by atoms with E-state index < -0.39 is 0 Å². The van der Waals surface area contributed by atoms with Gasteiger partial charge < -0.3 is 10.6 Å². The molecule has 0 atom stereocenters. The first-order chi connectivity index (χ1) is 9.83. The quantitative estimate of drug-likeness (QED) is 0.850. The van der Waals surface area contributed by atoms with Crippen molar-refractivity contribution in [3.8, 4) is 0 Å². The van der Waals surface area contributed by atoms with E-state index in [1.54, 1.807) is 0 Å². The van der Waals surface area contributed by atoms with Gasteiger partial charge in [-0.1, -0.05) is 29.8 Å². The number of rotatable bonds is 4. The normalized spacial score (nSPS) is 16.6. The van der Waals surface area contributed by atoms with E-state index in [-0.39, 0.29) is 0 Å². The minimum absolute atomic E-state index is 0.613. The number of aromatic nitrogens is 1. The smallest absolute Gasteiger partial charge is 0.134 e. The third kappa shape index (κ3) is 3.29. The van der Waals surface area contributed by atoms with Crippen molar-refractivity contribution in [2.45, 2.75) is 19.4 Å². The minimum Gasteiger partial charge on any atom is -0.317 e. The Bertz CT molecular complexity index is 579. The van der Waals surface area contributed by atoms with Crippen molar-refractivity contribution >= 4 is 22.5 Å². The molecule has 106 valence electrons. The minimum atomic E-state index is 0.613. The lowest BCUT2D eigenvalue weighted by atomic mass is 9.98. The molecule has 0 amide bonds. The summed E-state index contributed by atoms with van der Waals surface area (Å²) >= 11 is 6.26.